The average molecular weight is 383 g/mol. The molecule has 0 aromatic heterocycles. The SMILES string of the molecule is CC(C)=CCN(c1ccc(C(C)C)cc1)C1CCN(CC2CCCCC2)CC1. The van der Waals surface area contributed by atoms with Crippen LogP contribution in [0.25, 0.3) is 0 Å². The predicted molar refractivity (Wildman–Crippen MR) is 123 cm³/mol. The third kappa shape index (κ3) is 6.11. The van der Waals surface area contributed by atoms with Crippen LogP contribution in [0.4, 0.5) is 5.69 Å². The lowest BCUT2D eigenvalue weighted by Gasteiger charge is -2.41. The van der Waals surface area contributed by atoms with Crippen LogP contribution in [0.5, 0.6) is 0 Å². The fraction of sp³-hybridized carbons (Fsp3) is 0.692. The summed E-state index contributed by atoms with van der Waals surface area (Å²) in [5, 5.41) is 0. The first-order valence-electron chi connectivity index (χ1n) is 11.7. The second-order valence-electron chi connectivity index (χ2n) is 9.72. The molecule has 156 valence electrons. The van der Waals surface area contributed by atoms with E-state index in [0.717, 1.165) is 12.5 Å². The van der Waals surface area contributed by atoms with Crippen LogP contribution in [-0.4, -0.2) is 37.1 Å². The first kappa shape index (κ1) is 21.4. The van der Waals surface area contributed by atoms with Crippen molar-refractivity contribution in [2.45, 2.75) is 84.6 Å². The minimum Gasteiger partial charge on any atom is -0.365 e. The van der Waals surface area contributed by atoms with Crippen molar-refractivity contribution in [1.82, 2.24) is 4.90 Å². The van der Waals surface area contributed by atoms with E-state index in [1.165, 1.54) is 81.4 Å². The normalized spacial score (nSPS) is 19.8. The van der Waals surface area contributed by atoms with Gasteiger partial charge in [-0.1, -0.05) is 56.9 Å². The molecule has 0 N–H and O–H groups in total. The Morgan fingerprint density at radius 3 is 2.21 bits per heavy atom. The topological polar surface area (TPSA) is 6.48 Å². The number of hydrogen-bond acceptors (Lipinski definition) is 2. The van der Waals surface area contributed by atoms with Crippen molar-refractivity contribution in [3.8, 4) is 0 Å². The summed E-state index contributed by atoms with van der Waals surface area (Å²) in [6.07, 6.45) is 12.3. The lowest BCUT2D eigenvalue weighted by molar-refractivity contribution is 0.163. The summed E-state index contributed by atoms with van der Waals surface area (Å²) in [5.41, 5.74) is 4.25. The zero-order valence-electron chi connectivity index (χ0n) is 18.8. The van der Waals surface area contributed by atoms with E-state index in [1.807, 2.05) is 0 Å². The molecule has 1 saturated carbocycles. The Kier molecular flexibility index (Phi) is 8.02. The van der Waals surface area contributed by atoms with Gasteiger partial charge < -0.3 is 9.80 Å². The summed E-state index contributed by atoms with van der Waals surface area (Å²) < 4.78 is 0. The summed E-state index contributed by atoms with van der Waals surface area (Å²) in [5.74, 6) is 1.57. The van der Waals surface area contributed by atoms with Crippen LogP contribution in [0.15, 0.2) is 35.9 Å². The predicted octanol–water partition coefficient (Wildman–Crippen LogP) is 6.63. The lowest BCUT2D eigenvalue weighted by atomic mass is 9.88. The fourth-order valence-corrected chi connectivity index (χ4v) is 4.95. The van der Waals surface area contributed by atoms with Crippen molar-refractivity contribution in [2.24, 2.45) is 5.92 Å². The highest BCUT2D eigenvalue weighted by molar-refractivity contribution is 5.50. The second-order valence-corrected chi connectivity index (χ2v) is 9.72. The monoisotopic (exact) mass is 382 g/mol. The number of anilines is 1. The maximum absolute atomic E-state index is 2.76. The second kappa shape index (κ2) is 10.5. The van der Waals surface area contributed by atoms with E-state index >= 15 is 0 Å². The molecule has 2 fully saturated rings. The molecule has 1 aromatic rings. The molecule has 28 heavy (non-hydrogen) atoms. The Labute approximate surface area is 174 Å². The molecule has 0 atom stereocenters. The van der Waals surface area contributed by atoms with E-state index in [9.17, 15) is 0 Å². The molecule has 1 heterocycles. The van der Waals surface area contributed by atoms with Gasteiger partial charge in [-0.05, 0) is 69.1 Å². The maximum atomic E-state index is 2.76. The number of likely N-dealkylation sites (tertiary alicyclic amines) is 1. The van der Waals surface area contributed by atoms with Crippen molar-refractivity contribution in [2.75, 3.05) is 31.1 Å². The first-order chi connectivity index (χ1) is 13.5. The summed E-state index contributed by atoms with van der Waals surface area (Å²) >= 11 is 0. The van der Waals surface area contributed by atoms with Gasteiger partial charge in [0.05, 0.1) is 0 Å². The first-order valence-corrected chi connectivity index (χ1v) is 11.7. The largest absolute Gasteiger partial charge is 0.365 e. The van der Waals surface area contributed by atoms with E-state index in [0.29, 0.717) is 12.0 Å². The fourth-order valence-electron chi connectivity index (χ4n) is 4.95. The van der Waals surface area contributed by atoms with E-state index in [4.69, 9.17) is 0 Å². The minimum atomic E-state index is 0.600. The smallest absolute Gasteiger partial charge is 0.0371 e. The molecule has 2 nitrogen and oxygen atoms in total. The number of piperidine rings is 1. The zero-order chi connectivity index (χ0) is 19.9. The van der Waals surface area contributed by atoms with Crippen LogP contribution in [0.3, 0.4) is 0 Å². The molecule has 2 aliphatic rings. The summed E-state index contributed by atoms with van der Waals surface area (Å²) in [6, 6.07) is 10.0. The van der Waals surface area contributed by atoms with Crippen molar-refractivity contribution < 1.29 is 0 Å². The molecule has 1 aliphatic heterocycles. The van der Waals surface area contributed by atoms with Gasteiger partial charge in [0.15, 0.2) is 0 Å². The van der Waals surface area contributed by atoms with Crippen molar-refractivity contribution >= 4 is 5.69 Å². The summed E-state index contributed by atoms with van der Waals surface area (Å²) in [6.45, 7) is 13.9. The summed E-state index contributed by atoms with van der Waals surface area (Å²) in [7, 11) is 0. The van der Waals surface area contributed by atoms with Crippen LogP contribution in [-0.2, 0) is 0 Å². The lowest BCUT2D eigenvalue weighted by Crippen LogP contribution is -2.46. The van der Waals surface area contributed by atoms with Crippen LogP contribution in [0.1, 0.15) is 84.1 Å². The van der Waals surface area contributed by atoms with Crippen molar-refractivity contribution in [3.05, 3.63) is 41.5 Å². The van der Waals surface area contributed by atoms with Crippen molar-refractivity contribution in [3.63, 3.8) is 0 Å². The third-order valence-electron chi connectivity index (χ3n) is 6.83. The number of benzene rings is 1. The van der Waals surface area contributed by atoms with Gasteiger partial charge >= 0.3 is 0 Å². The highest BCUT2D eigenvalue weighted by Gasteiger charge is 2.26. The van der Waals surface area contributed by atoms with Gasteiger partial charge in [-0.25, -0.2) is 0 Å². The van der Waals surface area contributed by atoms with Gasteiger partial charge in [0, 0.05) is 37.9 Å². The van der Waals surface area contributed by atoms with Crippen LogP contribution < -0.4 is 4.90 Å². The van der Waals surface area contributed by atoms with Crippen molar-refractivity contribution in [1.29, 1.82) is 0 Å². The van der Waals surface area contributed by atoms with Crippen LogP contribution in [0, 0.1) is 5.92 Å². The van der Waals surface area contributed by atoms with E-state index in [2.05, 4.69) is 67.8 Å². The minimum absolute atomic E-state index is 0.600. The van der Waals surface area contributed by atoms with Gasteiger partial charge in [-0.2, -0.15) is 0 Å². The van der Waals surface area contributed by atoms with Gasteiger partial charge in [0.25, 0.3) is 0 Å². The number of hydrogen-bond donors (Lipinski definition) is 0. The Morgan fingerprint density at radius 1 is 1.00 bits per heavy atom. The maximum Gasteiger partial charge on any atom is 0.0371 e. The average Bonchev–Trinajstić information content (AvgIpc) is 2.70. The van der Waals surface area contributed by atoms with Gasteiger partial charge in [0.1, 0.15) is 0 Å². The molecule has 1 saturated heterocycles. The molecule has 0 amide bonds. The standard InChI is InChI=1S/C26H42N2/c1-21(2)14-19-28(25-12-10-24(11-13-25)22(3)4)26-15-17-27(18-16-26)20-23-8-6-5-7-9-23/h10-14,22-23,26H,5-9,15-20H2,1-4H3. The Bertz CT molecular complexity index is 598. The Morgan fingerprint density at radius 2 is 1.64 bits per heavy atom. The number of rotatable bonds is 7. The van der Waals surface area contributed by atoms with E-state index in [1.54, 1.807) is 0 Å². The van der Waals surface area contributed by atoms with Crippen LogP contribution in [0.2, 0.25) is 0 Å². The molecule has 2 heteroatoms. The molecular weight excluding hydrogens is 340 g/mol. The molecule has 1 aliphatic carbocycles. The Balaban J connectivity index is 1.61. The number of nitrogens with zero attached hydrogens (tertiary/aromatic N) is 2. The van der Waals surface area contributed by atoms with Gasteiger partial charge in [-0.3, -0.25) is 0 Å². The molecule has 0 spiro atoms. The highest BCUT2D eigenvalue weighted by Crippen LogP contribution is 2.28. The van der Waals surface area contributed by atoms with E-state index in [-0.39, 0.29) is 0 Å². The molecular formula is C26H42N2. The van der Waals surface area contributed by atoms with Gasteiger partial charge in [0.2, 0.25) is 0 Å². The molecule has 3 rings (SSSR count). The van der Waals surface area contributed by atoms with Gasteiger partial charge in [-0.15, -0.1) is 0 Å². The quantitative estimate of drug-likeness (QED) is 0.488. The number of allylic oxidation sites excluding steroid dienone is 1. The molecule has 0 unspecified atom stereocenters. The Hall–Kier alpha value is -1.28. The van der Waals surface area contributed by atoms with Crippen LogP contribution >= 0.6 is 0 Å². The van der Waals surface area contributed by atoms with E-state index < -0.39 is 0 Å². The highest BCUT2D eigenvalue weighted by atomic mass is 15.2. The molecule has 0 radical (unpaired) electrons. The third-order valence-corrected chi connectivity index (χ3v) is 6.83. The molecule has 1 aromatic carbocycles. The summed E-state index contributed by atoms with van der Waals surface area (Å²) in [4.78, 5) is 5.42. The molecule has 0 bridgehead atoms. The zero-order valence-corrected chi connectivity index (χ0v) is 18.8.